The molecule has 0 aromatic heterocycles. The summed E-state index contributed by atoms with van der Waals surface area (Å²) in [7, 11) is 0. The zero-order valence-electron chi connectivity index (χ0n) is 10.9. The molecule has 0 amide bonds. The Morgan fingerprint density at radius 1 is 1.17 bits per heavy atom. The molecule has 5 atom stereocenters. The second kappa shape index (κ2) is 4.94. The van der Waals surface area contributed by atoms with Crippen LogP contribution in [-0.4, -0.2) is 12.2 Å². The molecule has 2 N–H and O–H groups in total. The molecule has 0 spiro atoms. The van der Waals surface area contributed by atoms with Gasteiger partial charge in [-0.15, -0.1) is 0 Å². The smallest absolute Gasteiger partial charge is 0.128 e. The lowest BCUT2D eigenvalue weighted by Gasteiger charge is -2.26. The van der Waals surface area contributed by atoms with Crippen molar-refractivity contribution in [3.63, 3.8) is 0 Å². The Bertz CT molecular complexity index is 438. The first-order valence-corrected chi connectivity index (χ1v) is 6.27. The summed E-state index contributed by atoms with van der Waals surface area (Å²) in [6, 6.07) is 2.86. The van der Waals surface area contributed by atoms with Crippen LogP contribution in [0.2, 0.25) is 0 Å². The Hall–Kier alpha value is -1.00. The molecule has 1 aliphatic heterocycles. The Balaban J connectivity index is 2.30. The summed E-state index contributed by atoms with van der Waals surface area (Å²) in [5.41, 5.74) is 6.36. The largest absolute Gasteiger partial charge is 0.375 e. The summed E-state index contributed by atoms with van der Waals surface area (Å²) in [6.07, 6.45) is 0.0420. The van der Waals surface area contributed by atoms with E-state index in [0.29, 0.717) is 0 Å². The van der Waals surface area contributed by atoms with Crippen LogP contribution < -0.4 is 5.73 Å². The zero-order chi connectivity index (χ0) is 13.4. The molecule has 1 aromatic carbocycles. The molecule has 5 unspecified atom stereocenters. The standard InChI is InChI=1S/C14H19F2NO/c1-7-8(2)18-9(3)13(7)14(17)11-6-10(15)4-5-12(11)16/h4-9,13-14H,17H2,1-3H3. The summed E-state index contributed by atoms with van der Waals surface area (Å²) >= 11 is 0. The third-order valence-corrected chi connectivity index (χ3v) is 4.05. The highest BCUT2D eigenvalue weighted by atomic mass is 19.1. The minimum Gasteiger partial charge on any atom is -0.375 e. The number of hydrogen-bond acceptors (Lipinski definition) is 2. The van der Waals surface area contributed by atoms with Crippen molar-refractivity contribution in [3.8, 4) is 0 Å². The second-order valence-corrected chi connectivity index (χ2v) is 5.17. The van der Waals surface area contributed by atoms with Gasteiger partial charge in [0, 0.05) is 17.5 Å². The molecular weight excluding hydrogens is 236 g/mol. The fourth-order valence-electron chi connectivity index (χ4n) is 2.89. The summed E-state index contributed by atoms with van der Waals surface area (Å²) in [4.78, 5) is 0. The first-order chi connectivity index (χ1) is 8.41. The monoisotopic (exact) mass is 255 g/mol. The number of ether oxygens (including phenoxy) is 1. The van der Waals surface area contributed by atoms with Crippen molar-refractivity contribution in [1.29, 1.82) is 0 Å². The molecule has 1 fully saturated rings. The minimum atomic E-state index is -0.546. The van der Waals surface area contributed by atoms with Crippen LogP contribution in [0, 0.1) is 23.5 Å². The first-order valence-electron chi connectivity index (χ1n) is 6.27. The molecule has 1 heterocycles. The van der Waals surface area contributed by atoms with Crippen LogP contribution in [0.3, 0.4) is 0 Å². The van der Waals surface area contributed by atoms with Gasteiger partial charge in [0.15, 0.2) is 0 Å². The highest BCUT2D eigenvalue weighted by Gasteiger charge is 2.41. The van der Waals surface area contributed by atoms with Crippen molar-refractivity contribution in [2.24, 2.45) is 17.6 Å². The maximum absolute atomic E-state index is 13.7. The van der Waals surface area contributed by atoms with Crippen molar-refractivity contribution in [1.82, 2.24) is 0 Å². The van der Waals surface area contributed by atoms with Gasteiger partial charge < -0.3 is 10.5 Å². The van der Waals surface area contributed by atoms with E-state index in [-0.39, 0.29) is 29.6 Å². The highest BCUT2D eigenvalue weighted by Crippen LogP contribution is 2.39. The van der Waals surface area contributed by atoms with E-state index >= 15 is 0 Å². The van der Waals surface area contributed by atoms with E-state index in [0.717, 1.165) is 12.1 Å². The molecule has 0 bridgehead atoms. The molecule has 100 valence electrons. The normalized spacial score (nSPS) is 33.7. The molecule has 1 aromatic rings. The molecule has 2 rings (SSSR count). The molecule has 1 saturated heterocycles. The van der Waals surface area contributed by atoms with Gasteiger partial charge in [0.25, 0.3) is 0 Å². The van der Waals surface area contributed by atoms with E-state index in [1.165, 1.54) is 6.07 Å². The van der Waals surface area contributed by atoms with Gasteiger partial charge in [-0.25, -0.2) is 8.78 Å². The fourth-order valence-corrected chi connectivity index (χ4v) is 2.89. The lowest BCUT2D eigenvalue weighted by Crippen LogP contribution is -2.31. The maximum atomic E-state index is 13.7. The van der Waals surface area contributed by atoms with Crippen LogP contribution in [0.15, 0.2) is 18.2 Å². The van der Waals surface area contributed by atoms with Gasteiger partial charge in [-0.1, -0.05) is 6.92 Å². The lowest BCUT2D eigenvalue weighted by molar-refractivity contribution is 0.0488. The van der Waals surface area contributed by atoms with Crippen LogP contribution in [0.25, 0.3) is 0 Å². The van der Waals surface area contributed by atoms with E-state index in [2.05, 4.69) is 0 Å². The maximum Gasteiger partial charge on any atom is 0.128 e. The first kappa shape index (κ1) is 13.4. The fraction of sp³-hybridized carbons (Fsp3) is 0.571. The van der Waals surface area contributed by atoms with Crippen molar-refractivity contribution < 1.29 is 13.5 Å². The predicted molar refractivity (Wildman–Crippen MR) is 65.9 cm³/mol. The van der Waals surface area contributed by atoms with Crippen molar-refractivity contribution >= 4 is 0 Å². The number of rotatable bonds is 2. The zero-order valence-corrected chi connectivity index (χ0v) is 10.9. The van der Waals surface area contributed by atoms with E-state index in [4.69, 9.17) is 10.5 Å². The van der Waals surface area contributed by atoms with E-state index < -0.39 is 17.7 Å². The summed E-state index contributed by atoms with van der Waals surface area (Å²) in [5, 5.41) is 0. The third kappa shape index (κ3) is 2.27. The Labute approximate surface area is 106 Å². The van der Waals surface area contributed by atoms with Crippen molar-refractivity contribution in [2.75, 3.05) is 0 Å². The molecular formula is C14H19F2NO. The van der Waals surface area contributed by atoms with Gasteiger partial charge in [-0.3, -0.25) is 0 Å². The van der Waals surface area contributed by atoms with Gasteiger partial charge in [0.2, 0.25) is 0 Å². The average Bonchev–Trinajstić information content (AvgIpc) is 2.56. The highest BCUT2D eigenvalue weighted by molar-refractivity contribution is 5.23. The third-order valence-electron chi connectivity index (χ3n) is 4.05. The van der Waals surface area contributed by atoms with Gasteiger partial charge in [0.05, 0.1) is 12.2 Å². The van der Waals surface area contributed by atoms with E-state index in [1.807, 2.05) is 20.8 Å². The lowest BCUT2D eigenvalue weighted by atomic mass is 9.81. The Morgan fingerprint density at radius 2 is 1.83 bits per heavy atom. The number of halogens is 2. The molecule has 18 heavy (non-hydrogen) atoms. The van der Waals surface area contributed by atoms with Gasteiger partial charge in [0.1, 0.15) is 11.6 Å². The minimum absolute atomic E-state index is 0.00343. The number of nitrogens with two attached hydrogens (primary N) is 1. The summed E-state index contributed by atoms with van der Waals surface area (Å²) in [5.74, 6) is -0.703. The molecule has 0 saturated carbocycles. The molecule has 2 nitrogen and oxygen atoms in total. The molecule has 4 heteroatoms. The van der Waals surface area contributed by atoms with Crippen LogP contribution in [0.5, 0.6) is 0 Å². The van der Waals surface area contributed by atoms with Crippen molar-refractivity contribution in [3.05, 3.63) is 35.4 Å². The predicted octanol–water partition coefficient (Wildman–Crippen LogP) is 3.02. The average molecular weight is 255 g/mol. The van der Waals surface area contributed by atoms with E-state index in [9.17, 15) is 8.78 Å². The molecule has 1 aliphatic rings. The van der Waals surface area contributed by atoms with Gasteiger partial charge in [-0.2, -0.15) is 0 Å². The van der Waals surface area contributed by atoms with Crippen LogP contribution >= 0.6 is 0 Å². The summed E-state index contributed by atoms with van der Waals surface area (Å²) in [6.45, 7) is 5.95. The van der Waals surface area contributed by atoms with E-state index in [1.54, 1.807) is 0 Å². The topological polar surface area (TPSA) is 35.2 Å². The van der Waals surface area contributed by atoms with Crippen LogP contribution in [0.4, 0.5) is 8.78 Å². The summed E-state index contributed by atoms with van der Waals surface area (Å²) < 4.78 is 32.7. The quantitative estimate of drug-likeness (QED) is 0.881. The number of benzene rings is 1. The SMILES string of the molecule is CC1OC(C)C(C(N)c2cc(F)ccc2F)C1C. The van der Waals surface area contributed by atoms with Crippen LogP contribution in [0.1, 0.15) is 32.4 Å². The van der Waals surface area contributed by atoms with Gasteiger partial charge >= 0.3 is 0 Å². The van der Waals surface area contributed by atoms with Crippen molar-refractivity contribution in [2.45, 2.75) is 39.0 Å². The number of hydrogen-bond donors (Lipinski definition) is 1. The second-order valence-electron chi connectivity index (χ2n) is 5.17. The Morgan fingerprint density at radius 3 is 2.39 bits per heavy atom. The van der Waals surface area contributed by atoms with Gasteiger partial charge in [-0.05, 0) is 38.0 Å². The van der Waals surface area contributed by atoms with Crippen LogP contribution in [-0.2, 0) is 4.74 Å². The molecule has 0 aliphatic carbocycles. The Kier molecular flexibility index (Phi) is 3.69. The molecule has 0 radical (unpaired) electrons.